The summed E-state index contributed by atoms with van der Waals surface area (Å²) in [5.74, 6) is 0.111. The molecule has 1 aromatic heterocycles. The van der Waals surface area contributed by atoms with Gasteiger partial charge in [0, 0.05) is 48.4 Å². The summed E-state index contributed by atoms with van der Waals surface area (Å²) in [7, 11) is 0. The molecule has 0 saturated carbocycles. The number of nitrogens with zero attached hydrogens (tertiary/aromatic N) is 2. The largest absolute Gasteiger partial charge is 0.342 e. The third kappa shape index (κ3) is 3.33. The number of carbonyl (C=O) groups excluding carboxylic acids is 2. The van der Waals surface area contributed by atoms with Crippen LogP contribution in [0, 0.1) is 11.8 Å². The second-order valence-corrected chi connectivity index (χ2v) is 6.49. The van der Waals surface area contributed by atoms with Crippen molar-refractivity contribution < 1.29 is 9.59 Å². The Balaban J connectivity index is 1.73. The maximum Gasteiger partial charge on any atom is 0.229 e. The zero-order valence-corrected chi connectivity index (χ0v) is 13.5. The fraction of sp³-hybridized carbons (Fsp3) is 0.389. The molecule has 2 aromatic rings. The summed E-state index contributed by atoms with van der Waals surface area (Å²) in [5, 5.41) is 4.91. The van der Waals surface area contributed by atoms with Crippen LogP contribution < -0.4 is 5.32 Å². The number of nitrogens with one attached hydrogen (secondary N) is 1. The predicted octanol–water partition coefficient (Wildman–Crippen LogP) is 2.68. The van der Waals surface area contributed by atoms with Crippen LogP contribution in [-0.4, -0.2) is 34.8 Å². The monoisotopic (exact) mass is 311 g/mol. The molecule has 0 bridgehead atoms. The summed E-state index contributed by atoms with van der Waals surface area (Å²) in [4.78, 5) is 30.4. The van der Waals surface area contributed by atoms with Gasteiger partial charge in [0.15, 0.2) is 0 Å². The average molecular weight is 311 g/mol. The molecule has 1 aromatic carbocycles. The van der Waals surface area contributed by atoms with Crippen molar-refractivity contribution >= 4 is 28.3 Å². The number of likely N-dealkylation sites (tertiary alicyclic amines) is 1. The van der Waals surface area contributed by atoms with Crippen molar-refractivity contribution in [2.75, 3.05) is 18.4 Å². The van der Waals surface area contributed by atoms with Crippen molar-refractivity contribution in [3.63, 3.8) is 0 Å². The molecule has 0 spiro atoms. The minimum absolute atomic E-state index is 0.0703. The molecule has 5 heteroatoms. The predicted molar refractivity (Wildman–Crippen MR) is 89.9 cm³/mol. The van der Waals surface area contributed by atoms with E-state index in [9.17, 15) is 9.59 Å². The number of carbonyl (C=O) groups is 2. The quantitative estimate of drug-likeness (QED) is 0.944. The number of hydrogen-bond acceptors (Lipinski definition) is 3. The van der Waals surface area contributed by atoms with Crippen LogP contribution in [-0.2, 0) is 9.59 Å². The Morgan fingerprint density at radius 2 is 2.22 bits per heavy atom. The lowest BCUT2D eigenvalue weighted by atomic mass is 10.1. The number of pyridine rings is 1. The first-order valence-electron chi connectivity index (χ1n) is 7.96. The lowest BCUT2D eigenvalue weighted by Crippen LogP contribution is -2.31. The highest BCUT2D eigenvalue weighted by Crippen LogP contribution is 2.25. The van der Waals surface area contributed by atoms with Crippen molar-refractivity contribution in [3.8, 4) is 0 Å². The first kappa shape index (κ1) is 15.5. The standard InChI is InChI=1S/C18H21N3O2/c1-12(2)10-21-11-14(8-17(21)22)18(23)20-16-5-3-4-13-9-19-7-6-15(13)16/h3-7,9,12,14H,8,10-11H2,1-2H3,(H,20,23)/t14-/m1/s1. The highest BCUT2D eigenvalue weighted by atomic mass is 16.2. The summed E-state index contributed by atoms with van der Waals surface area (Å²) >= 11 is 0. The number of aromatic nitrogens is 1. The Kier molecular flexibility index (Phi) is 4.28. The summed E-state index contributed by atoms with van der Waals surface area (Å²) in [5.41, 5.74) is 0.768. The molecule has 120 valence electrons. The number of rotatable bonds is 4. The molecule has 1 aliphatic rings. The second kappa shape index (κ2) is 6.36. The van der Waals surface area contributed by atoms with E-state index in [4.69, 9.17) is 0 Å². The number of anilines is 1. The van der Waals surface area contributed by atoms with Gasteiger partial charge in [0.05, 0.1) is 5.92 Å². The van der Waals surface area contributed by atoms with Gasteiger partial charge in [-0.05, 0) is 18.1 Å². The summed E-state index contributed by atoms with van der Waals surface area (Å²) in [6.45, 7) is 5.37. The van der Waals surface area contributed by atoms with E-state index < -0.39 is 0 Å². The number of hydrogen-bond donors (Lipinski definition) is 1. The van der Waals surface area contributed by atoms with Gasteiger partial charge in [-0.15, -0.1) is 0 Å². The van der Waals surface area contributed by atoms with Crippen molar-refractivity contribution in [2.45, 2.75) is 20.3 Å². The van der Waals surface area contributed by atoms with Crippen LogP contribution in [0.1, 0.15) is 20.3 Å². The van der Waals surface area contributed by atoms with E-state index >= 15 is 0 Å². The molecular formula is C18H21N3O2. The van der Waals surface area contributed by atoms with Crippen molar-refractivity contribution in [2.24, 2.45) is 11.8 Å². The van der Waals surface area contributed by atoms with E-state index in [1.54, 1.807) is 17.3 Å². The van der Waals surface area contributed by atoms with Gasteiger partial charge in [0.1, 0.15) is 0 Å². The molecule has 1 aliphatic heterocycles. The Hall–Kier alpha value is -2.43. The molecule has 0 unspecified atom stereocenters. The average Bonchev–Trinajstić information content (AvgIpc) is 2.88. The highest BCUT2D eigenvalue weighted by Gasteiger charge is 2.34. The van der Waals surface area contributed by atoms with Gasteiger partial charge in [-0.1, -0.05) is 26.0 Å². The molecule has 1 N–H and O–H groups in total. The van der Waals surface area contributed by atoms with Crippen LogP contribution >= 0.6 is 0 Å². The van der Waals surface area contributed by atoms with Crippen LogP contribution in [0.2, 0.25) is 0 Å². The van der Waals surface area contributed by atoms with Crippen LogP contribution in [0.5, 0.6) is 0 Å². The Morgan fingerprint density at radius 3 is 3.00 bits per heavy atom. The number of benzene rings is 1. The lowest BCUT2D eigenvalue weighted by Gasteiger charge is -2.18. The highest BCUT2D eigenvalue weighted by molar-refractivity contribution is 6.04. The normalized spacial score (nSPS) is 18.0. The molecule has 23 heavy (non-hydrogen) atoms. The van der Waals surface area contributed by atoms with Gasteiger partial charge < -0.3 is 10.2 Å². The van der Waals surface area contributed by atoms with Crippen molar-refractivity contribution in [3.05, 3.63) is 36.7 Å². The number of fused-ring (bicyclic) bond motifs is 1. The Morgan fingerprint density at radius 1 is 1.39 bits per heavy atom. The fourth-order valence-corrected chi connectivity index (χ4v) is 3.03. The van der Waals surface area contributed by atoms with E-state index in [1.165, 1.54) is 0 Å². The SMILES string of the molecule is CC(C)CN1C[C@H](C(=O)Nc2cccc3cnccc23)CC1=O. The zero-order valence-electron chi connectivity index (χ0n) is 13.5. The van der Waals surface area contributed by atoms with E-state index in [0.717, 1.165) is 16.5 Å². The smallest absolute Gasteiger partial charge is 0.229 e. The maximum atomic E-state index is 12.5. The van der Waals surface area contributed by atoms with Gasteiger partial charge in [-0.3, -0.25) is 14.6 Å². The molecule has 2 heterocycles. The van der Waals surface area contributed by atoms with E-state index in [1.807, 2.05) is 24.3 Å². The van der Waals surface area contributed by atoms with Crippen LogP contribution in [0.25, 0.3) is 10.8 Å². The van der Waals surface area contributed by atoms with E-state index in [2.05, 4.69) is 24.1 Å². The van der Waals surface area contributed by atoms with Gasteiger partial charge in [-0.2, -0.15) is 0 Å². The molecule has 3 rings (SSSR count). The van der Waals surface area contributed by atoms with Crippen LogP contribution in [0.4, 0.5) is 5.69 Å². The lowest BCUT2D eigenvalue weighted by molar-refractivity contribution is -0.128. The summed E-state index contributed by atoms with van der Waals surface area (Å²) in [6, 6.07) is 7.62. The maximum absolute atomic E-state index is 12.5. The molecule has 1 saturated heterocycles. The third-order valence-electron chi connectivity index (χ3n) is 4.11. The Bertz CT molecular complexity index is 737. The summed E-state index contributed by atoms with van der Waals surface area (Å²) in [6.07, 6.45) is 3.78. The van der Waals surface area contributed by atoms with Gasteiger partial charge >= 0.3 is 0 Å². The second-order valence-electron chi connectivity index (χ2n) is 6.49. The molecule has 0 radical (unpaired) electrons. The molecular weight excluding hydrogens is 290 g/mol. The summed E-state index contributed by atoms with van der Waals surface area (Å²) < 4.78 is 0. The molecule has 2 amide bonds. The third-order valence-corrected chi connectivity index (χ3v) is 4.11. The van der Waals surface area contributed by atoms with Gasteiger partial charge in [-0.25, -0.2) is 0 Å². The fourth-order valence-electron chi connectivity index (χ4n) is 3.03. The van der Waals surface area contributed by atoms with E-state index in [-0.39, 0.29) is 17.7 Å². The van der Waals surface area contributed by atoms with E-state index in [0.29, 0.717) is 25.4 Å². The van der Waals surface area contributed by atoms with Gasteiger partial charge in [0.2, 0.25) is 11.8 Å². The first-order chi connectivity index (χ1) is 11.0. The first-order valence-corrected chi connectivity index (χ1v) is 7.96. The number of amides is 2. The topological polar surface area (TPSA) is 62.3 Å². The molecule has 1 atom stereocenters. The minimum atomic E-state index is -0.279. The van der Waals surface area contributed by atoms with Crippen LogP contribution in [0.15, 0.2) is 36.7 Å². The molecule has 5 nitrogen and oxygen atoms in total. The van der Waals surface area contributed by atoms with Crippen molar-refractivity contribution in [1.29, 1.82) is 0 Å². The van der Waals surface area contributed by atoms with Crippen molar-refractivity contribution in [1.82, 2.24) is 9.88 Å². The molecule has 0 aliphatic carbocycles. The molecule has 1 fully saturated rings. The minimum Gasteiger partial charge on any atom is -0.342 e. The zero-order chi connectivity index (χ0) is 16.4. The van der Waals surface area contributed by atoms with Crippen LogP contribution in [0.3, 0.4) is 0 Å². The Labute approximate surface area is 135 Å². The van der Waals surface area contributed by atoms with Gasteiger partial charge in [0.25, 0.3) is 0 Å².